The summed E-state index contributed by atoms with van der Waals surface area (Å²) >= 11 is 1.44. The molecule has 1 N–H and O–H groups in total. The number of rotatable bonds is 4. The number of H-pyrrole nitrogens is 1. The number of ketones is 1. The number of thioether (sulfide) groups is 1. The summed E-state index contributed by atoms with van der Waals surface area (Å²) in [5, 5.41) is 12.1. The monoisotopic (exact) mass is 333 g/mol. The first kappa shape index (κ1) is 14.9. The Hall–Kier alpha value is -2.66. The van der Waals surface area contributed by atoms with Gasteiger partial charge in [0.2, 0.25) is 0 Å². The van der Waals surface area contributed by atoms with Gasteiger partial charge in [-0.05, 0) is 13.0 Å². The first-order chi connectivity index (χ1) is 11.7. The molecule has 0 atom stereocenters. The number of aryl methyl sites for hydroxylation is 1. The highest BCUT2D eigenvalue weighted by Gasteiger charge is 2.16. The summed E-state index contributed by atoms with van der Waals surface area (Å²) in [4.78, 5) is 16.0. The summed E-state index contributed by atoms with van der Waals surface area (Å²) in [6, 6.07) is 15.8. The molecule has 2 heterocycles. The van der Waals surface area contributed by atoms with Crippen LogP contribution in [0.2, 0.25) is 0 Å². The number of nitrogens with one attached hydrogen (secondary N) is 1. The number of para-hydroxylation sites is 1. The van der Waals surface area contributed by atoms with Gasteiger partial charge in [-0.15, -0.1) is 5.10 Å². The molecule has 0 saturated carbocycles. The number of fused-ring (bicyclic) bond motifs is 2. The van der Waals surface area contributed by atoms with Gasteiger partial charge in [0.1, 0.15) is 5.03 Å². The Balaban J connectivity index is 1.63. The molecule has 4 rings (SSSR count). The van der Waals surface area contributed by atoms with Crippen molar-refractivity contribution in [3.8, 4) is 0 Å². The molecule has 0 radical (unpaired) electrons. The molecule has 0 spiro atoms. The van der Waals surface area contributed by atoms with E-state index >= 15 is 0 Å². The molecule has 0 amide bonds. The number of benzene rings is 2. The van der Waals surface area contributed by atoms with Crippen LogP contribution in [0.3, 0.4) is 0 Å². The van der Waals surface area contributed by atoms with Gasteiger partial charge >= 0.3 is 0 Å². The van der Waals surface area contributed by atoms with Gasteiger partial charge in [-0.3, -0.25) is 4.79 Å². The van der Waals surface area contributed by atoms with Crippen LogP contribution in [0.5, 0.6) is 0 Å². The molecule has 2 aromatic carbocycles. The van der Waals surface area contributed by atoms with Crippen molar-refractivity contribution in [1.82, 2.24) is 15.2 Å². The minimum atomic E-state index is 0.102. The van der Waals surface area contributed by atoms with Gasteiger partial charge < -0.3 is 4.98 Å². The van der Waals surface area contributed by atoms with E-state index in [1.54, 1.807) is 6.20 Å². The van der Waals surface area contributed by atoms with Crippen LogP contribution in [0.25, 0.3) is 21.7 Å². The Morgan fingerprint density at radius 3 is 2.71 bits per heavy atom. The van der Waals surface area contributed by atoms with Crippen molar-refractivity contribution in [3.05, 3.63) is 66.0 Å². The van der Waals surface area contributed by atoms with Crippen LogP contribution in [0, 0.1) is 6.92 Å². The van der Waals surface area contributed by atoms with E-state index in [4.69, 9.17) is 0 Å². The number of hydrogen-bond acceptors (Lipinski definition) is 4. The largest absolute Gasteiger partial charge is 0.358 e. The van der Waals surface area contributed by atoms with Crippen LogP contribution >= 0.6 is 11.8 Å². The maximum atomic E-state index is 12.8. The van der Waals surface area contributed by atoms with Crippen LogP contribution in [0.15, 0.2) is 59.8 Å². The second kappa shape index (κ2) is 6.09. The molecule has 0 aliphatic carbocycles. The van der Waals surface area contributed by atoms with Crippen molar-refractivity contribution < 1.29 is 4.79 Å². The van der Waals surface area contributed by atoms with E-state index in [1.807, 2.05) is 55.5 Å². The second-order valence-electron chi connectivity index (χ2n) is 5.62. The Morgan fingerprint density at radius 1 is 1.08 bits per heavy atom. The number of aromatic nitrogens is 3. The fourth-order valence-corrected chi connectivity index (χ4v) is 3.81. The predicted molar refractivity (Wildman–Crippen MR) is 97.6 cm³/mol. The molecule has 0 fully saturated rings. The lowest BCUT2D eigenvalue weighted by Gasteiger charge is -2.04. The molecule has 0 saturated heterocycles. The van der Waals surface area contributed by atoms with Gasteiger partial charge in [-0.1, -0.05) is 54.2 Å². The Kier molecular flexibility index (Phi) is 3.78. The average molecular weight is 333 g/mol. The lowest BCUT2D eigenvalue weighted by molar-refractivity contribution is 0.102. The van der Waals surface area contributed by atoms with E-state index < -0.39 is 0 Å². The Labute approximate surface area is 143 Å². The Bertz CT molecular complexity index is 1050. The zero-order chi connectivity index (χ0) is 16.5. The third-order valence-corrected chi connectivity index (χ3v) is 5.03. The van der Waals surface area contributed by atoms with Gasteiger partial charge in [0.15, 0.2) is 5.78 Å². The van der Waals surface area contributed by atoms with Crippen molar-refractivity contribution in [1.29, 1.82) is 0 Å². The first-order valence-electron chi connectivity index (χ1n) is 7.68. The highest BCUT2D eigenvalue weighted by atomic mass is 32.2. The van der Waals surface area contributed by atoms with E-state index in [1.165, 1.54) is 11.8 Å². The highest BCUT2D eigenvalue weighted by molar-refractivity contribution is 8.00. The molecule has 0 unspecified atom stereocenters. The van der Waals surface area contributed by atoms with Gasteiger partial charge in [0.25, 0.3) is 0 Å². The quantitative estimate of drug-likeness (QED) is 0.444. The first-order valence-corrected chi connectivity index (χ1v) is 8.66. The van der Waals surface area contributed by atoms with E-state index in [2.05, 4.69) is 15.2 Å². The van der Waals surface area contributed by atoms with Crippen molar-refractivity contribution in [3.63, 3.8) is 0 Å². The van der Waals surface area contributed by atoms with Crippen LogP contribution in [-0.4, -0.2) is 26.7 Å². The highest BCUT2D eigenvalue weighted by Crippen LogP contribution is 2.28. The lowest BCUT2D eigenvalue weighted by Crippen LogP contribution is -2.04. The average Bonchev–Trinajstić information content (AvgIpc) is 2.95. The smallest absolute Gasteiger partial charge is 0.175 e. The third-order valence-electron chi connectivity index (χ3n) is 4.05. The minimum absolute atomic E-state index is 0.102. The van der Waals surface area contributed by atoms with Crippen LogP contribution < -0.4 is 0 Å². The summed E-state index contributed by atoms with van der Waals surface area (Å²) in [6.07, 6.45) is 1.74. The molecule has 4 aromatic rings. The summed E-state index contributed by atoms with van der Waals surface area (Å²) in [6.45, 7) is 1.94. The molecule has 0 aliphatic heterocycles. The van der Waals surface area contributed by atoms with E-state index in [0.717, 1.165) is 38.0 Å². The number of carbonyl (C=O) groups is 1. The number of nitrogens with zero attached hydrogens (tertiary/aromatic N) is 2. The zero-order valence-corrected chi connectivity index (χ0v) is 13.9. The van der Waals surface area contributed by atoms with E-state index in [-0.39, 0.29) is 5.78 Å². The molecule has 0 bridgehead atoms. The van der Waals surface area contributed by atoms with E-state index in [0.29, 0.717) is 5.75 Å². The zero-order valence-electron chi connectivity index (χ0n) is 13.1. The summed E-state index contributed by atoms with van der Waals surface area (Å²) < 4.78 is 0. The van der Waals surface area contributed by atoms with Gasteiger partial charge in [-0.25, -0.2) is 0 Å². The standard InChI is InChI=1S/C19H15N3OS/c1-12-18(15-8-4-5-9-16(15)21-12)17(23)11-24-19-14-7-3-2-6-13(14)10-20-22-19/h2-10,21H,11H2,1H3. The maximum Gasteiger partial charge on any atom is 0.175 e. The predicted octanol–water partition coefficient (Wildman–Crippen LogP) is 4.39. The minimum Gasteiger partial charge on any atom is -0.358 e. The van der Waals surface area contributed by atoms with Crippen LogP contribution in [0.1, 0.15) is 16.1 Å². The van der Waals surface area contributed by atoms with Crippen molar-refractivity contribution in [2.75, 3.05) is 5.75 Å². The molecule has 24 heavy (non-hydrogen) atoms. The van der Waals surface area contributed by atoms with Crippen LogP contribution in [0.4, 0.5) is 0 Å². The molecule has 5 heteroatoms. The van der Waals surface area contributed by atoms with Crippen LogP contribution in [-0.2, 0) is 0 Å². The maximum absolute atomic E-state index is 12.8. The molecule has 118 valence electrons. The molecule has 4 nitrogen and oxygen atoms in total. The molecule has 0 aliphatic rings. The van der Waals surface area contributed by atoms with Crippen molar-refractivity contribution >= 4 is 39.2 Å². The number of aromatic amines is 1. The van der Waals surface area contributed by atoms with Gasteiger partial charge in [-0.2, -0.15) is 5.10 Å². The fourth-order valence-electron chi connectivity index (χ4n) is 2.95. The lowest BCUT2D eigenvalue weighted by atomic mass is 10.1. The third kappa shape index (κ3) is 2.57. The fraction of sp³-hybridized carbons (Fsp3) is 0.105. The van der Waals surface area contributed by atoms with E-state index in [9.17, 15) is 4.79 Å². The second-order valence-corrected chi connectivity index (χ2v) is 6.58. The normalized spacial score (nSPS) is 11.2. The number of Topliss-reactive ketones (excluding diaryl/α,β-unsaturated/α-hetero) is 1. The Morgan fingerprint density at radius 2 is 1.83 bits per heavy atom. The number of carbonyl (C=O) groups excluding carboxylic acids is 1. The molecule has 2 aromatic heterocycles. The SMILES string of the molecule is Cc1[nH]c2ccccc2c1C(=O)CSc1nncc2ccccc12. The molecular weight excluding hydrogens is 318 g/mol. The van der Waals surface area contributed by atoms with Gasteiger partial charge in [0, 0.05) is 32.9 Å². The van der Waals surface area contributed by atoms with Crippen molar-refractivity contribution in [2.24, 2.45) is 0 Å². The summed E-state index contributed by atoms with van der Waals surface area (Å²) in [7, 11) is 0. The van der Waals surface area contributed by atoms with Crippen molar-refractivity contribution in [2.45, 2.75) is 11.9 Å². The topological polar surface area (TPSA) is 58.6 Å². The molecular formula is C19H15N3OS. The number of hydrogen-bond donors (Lipinski definition) is 1. The summed E-state index contributed by atoms with van der Waals surface area (Å²) in [5.41, 5.74) is 2.67. The van der Waals surface area contributed by atoms with Gasteiger partial charge in [0.05, 0.1) is 11.9 Å². The summed E-state index contributed by atoms with van der Waals surface area (Å²) in [5.74, 6) is 0.440.